The van der Waals surface area contributed by atoms with Crippen LogP contribution in [0.2, 0.25) is 5.02 Å². The zero-order valence-electron chi connectivity index (χ0n) is 15.6. The molecule has 0 unspecified atom stereocenters. The Balaban J connectivity index is 1.84. The summed E-state index contributed by atoms with van der Waals surface area (Å²) in [5, 5.41) is 10.2. The van der Waals surface area contributed by atoms with Crippen molar-refractivity contribution in [2.75, 3.05) is 0 Å². The van der Waals surface area contributed by atoms with Crippen LogP contribution in [0.5, 0.6) is 5.75 Å². The second kappa shape index (κ2) is 8.48. The molecule has 0 saturated carbocycles. The summed E-state index contributed by atoms with van der Waals surface area (Å²) in [6.07, 6.45) is 2.24. The van der Waals surface area contributed by atoms with Crippen molar-refractivity contribution in [1.82, 2.24) is 0 Å². The number of aryl methyl sites for hydroxylation is 1. The minimum absolute atomic E-state index is 0.0924. The van der Waals surface area contributed by atoms with Crippen molar-refractivity contribution in [2.45, 2.75) is 33.3 Å². The lowest BCUT2D eigenvalue weighted by molar-refractivity contribution is -0.136. The predicted molar refractivity (Wildman–Crippen MR) is 108 cm³/mol. The molecule has 4 nitrogen and oxygen atoms in total. The monoisotopic (exact) mass is 402 g/mol. The van der Waals surface area contributed by atoms with Crippen molar-refractivity contribution >= 4 is 34.6 Å². The number of ether oxygens (including phenoxy) is 1. The van der Waals surface area contributed by atoms with Gasteiger partial charge >= 0.3 is 5.97 Å². The highest BCUT2D eigenvalue weighted by Gasteiger charge is 2.13. The maximum atomic E-state index is 12.4. The molecule has 28 heavy (non-hydrogen) atoms. The summed E-state index contributed by atoms with van der Waals surface area (Å²) >= 11 is 6.19. The third kappa shape index (κ3) is 4.37. The third-order valence-corrected chi connectivity index (χ3v) is 4.96. The van der Waals surface area contributed by atoms with Crippen LogP contribution in [-0.4, -0.2) is 11.1 Å². The highest BCUT2D eigenvalue weighted by molar-refractivity contribution is 6.31. The van der Waals surface area contributed by atoms with Gasteiger partial charge in [0, 0.05) is 28.5 Å². The first-order valence-corrected chi connectivity index (χ1v) is 9.19. The normalized spacial score (nSPS) is 11.4. The van der Waals surface area contributed by atoms with E-state index in [0.717, 1.165) is 27.6 Å². The van der Waals surface area contributed by atoms with Gasteiger partial charge in [0.15, 0.2) is 0 Å². The largest absolute Gasteiger partial charge is 0.488 e. The molecule has 146 valence electrons. The number of fused-ring (bicyclic) bond motifs is 1. The Morgan fingerprint density at radius 1 is 1.21 bits per heavy atom. The Morgan fingerprint density at radius 2 is 2.00 bits per heavy atom. The molecule has 1 N–H and O–H groups in total. The molecule has 2 aromatic carbocycles. The zero-order chi connectivity index (χ0) is 20.3. The average Bonchev–Trinajstić information content (AvgIpc) is 3.04. The Bertz CT molecular complexity index is 1050. The molecule has 6 heteroatoms. The predicted octanol–water partition coefficient (Wildman–Crippen LogP) is 6.24. The third-order valence-electron chi connectivity index (χ3n) is 4.75. The molecule has 0 fully saturated rings. The standard InChI is InChI=1S/C22H20ClFO4/c1-13-14(2)20(5-3-15(13)4-6-21(25)26)27-12-17-10-18(23)9-16-11-19(7-8-24)28-22(16)17/h3,5,7-11H,4,6,12H2,1-2H3,(H,25,26)/b8-7+. The van der Waals surface area contributed by atoms with Crippen LogP contribution in [0.15, 0.2) is 41.1 Å². The van der Waals surface area contributed by atoms with E-state index in [0.29, 0.717) is 34.9 Å². The maximum Gasteiger partial charge on any atom is 0.303 e. The minimum Gasteiger partial charge on any atom is -0.488 e. The molecule has 0 aliphatic heterocycles. The number of aliphatic carboxylic acids is 1. The lowest BCUT2D eigenvalue weighted by atomic mass is 9.99. The van der Waals surface area contributed by atoms with Gasteiger partial charge in [-0.3, -0.25) is 4.79 Å². The number of carboxylic acid groups (broad SMARTS) is 1. The number of halogens is 2. The molecule has 0 aliphatic rings. The quantitative estimate of drug-likeness (QED) is 0.508. The molecule has 0 amide bonds. The number of hydrogen-bond donors (Lipinski definition) is 1. The average molecular weight is 403 g/mol. The molecular weight excluding hydrogens is 383 g/mol. The Kier molecular flexibility index (Phi) is 6.05. The van der Waals surface area contributed by atoms with Crippen molar-refractivity contribution in [3.63, 3.8) is 0 Å². The van der Waals surface area contributed by atoms with Crippen molar-refractivity contribution in [3.8, 4) is 5.75 Å². The molecule has 0 radical (unpaired) electrons. The van der Waals surface area contributed by atoms with E-state index in [9.17, 15) is 9.18 Å². The first-order valence-electron chi connectivity index (χ1n) is 8.81. The topological polar surface area (TPSA) is 59.7 Å². The zero-order valence-corrected chi connectivity index (χ0v) is 16.3. The van der Waals surface area contributed by atoms with Gasteiger partial charge in [-0.05, 0) is 61.2 Å². The lowest BCUT2D eigenvalue weighted by Gasteiger charge is -2.14. The van der Waals surface area contributed by atoms with Gasteiger partial charge in [-0.2, -0.15) is 0 Å². The molecule has 0 atom stereocenters. The van der Waals surface area contributed by atoms with Crippen molar-refractivity contribution < 1.29 is 23.4 Å². The molecule has 1 aromatic heterocycles. The van der Waals surface area contributed by atoms with E-state index < -0.39 is 5.97 Å². The fourth-order valence-corrected chi connectivity index (χ4v) is 3.38. The van der Waals surface area contributed by atoms with Crippen LogP contribution in [0.3, 0.4) is 0 Å². The fraction of sp³-hybridized carbons (Fsp3) is 0.227. The molecule has 0 saturated heterocycles. The van der Waals surface area contributed by atoms with Gasteiger partial charge in [-0.25, -0.2) is 4.39 Å². The fourth-order valence-electron chi connectivity index (χ4n) is 3.13. The van der Waals surface area contributed by atoms with E-state index in [1.165, 1.54) is 6.08 Å². The van der Waals surface area contributed by atoms with E-state index in [2.05, 4.69) is 0 Å². The smallest absolute Gasteiger partial charge is 0.303 e. The van der Waals surface area contributed by atoms with Crippen LogP contribution in [-0.2, 0) is 17.8 Å². The highest BCUT2D eigenvalue weighted by atomic mass is 35.5. The van der Waals surface area contributed by atoms with Gasteiger partial charge in [-0.15, -0.1) is 0 Å². The van der Waals surface area contributed by atoms with Crippen molar-refractivity contribution in [1.29, 1.82) is 0 Å². The number of furan rings is 1. The van der Waals surface area contributed by atoms with Crippen LogP contribution < -0.4 is 4.74 Å². The second-order valence-corrected chi connectivity index (χ2v) is 7.02. The van der Waals surface area contributed by atoms with Gasteiger partial charge < -0.3 is 14.3 Å². The van der Waals surface area contributed by atoms with Crippen molar-refractivity contribution in [3.05, 3.63) is 69.7 Å². The van der Waals surface area contributed by atoms with Crippen molar-refractivity contribution in [2.24, 2.45) is 0 Å². The SMILES string of the molecule is Cc1c(CCC(=O)O)ccc(OCc2cc(Cl)cc3cc(/C=C/F)oc23)c1C. The Labute approximate surface area is 167 Å². The summed E-state index contributed by atoms with van der Waals surface area (Å²) in [6.45, 7) is 4.14. The first-order chi connectivity index (χ1) is 13.4. The van der Waals surface area contributed by atoms with Crippen LogP contribution >= 0.6 is 11.6 Å². The van der Waals surface area contributed by atoms with E-state index in [1.807, 2.05) is 26.0 Å². The first kappa shape index (κ1) is 20.0. The van der Waals surface area contributed by atoms with Crippen LogP contribution in [0.4, 0.5) is 4.39 Å². The van der Waals surface area contributed by atoms with Crippen LogP contribution in [0.25, 0.3) is 17.0 Å². The Hall–Kier alpha value is -2.79. The van der Waals surface area contributed by atoms with E-state index >= 15 is 0 Å². The number of rotatable bonds is 7. The summed E-state index contributed by atoms with van der Waals surface area (Å²) in [5.74, 6) is 0.290. The van der Waals surface area contributed by atoms with Gasteiger partial charge in [-0.1, -0.05) is 17.7 Å². The molecule has 3 rings (SSSR count). The Morgan fingerprint density at radius 3 is 2.71 bits per heavy atom. The molecule has 3 aromatic rings. The summed E-state index contributed by atoms with van der Waals surface area (Å²) < 4.78 is 24.1. The number of benzene rings is 2. The minimum atomic E-state index is -0.817. The van der Waals surface area contributed by atoms with E-state index in [-0.39, 0.29) is 13.0 Å². The number of carboxylic acids is 1. The second-order valence-electron chi connectivity index (χ2n) is 6.58. The highest BCUT2D eigenvalue weighted by Crippen LogP contribution is 2.30. The molecule has 0 aliphatic carbocycles. The number of carbonyl (C=O) groups is 1. The molecule has 1 heterocycles. The summed E-state index contributed by atoms with van der Waals surface area (Å²) in [7, 11) is 0. The molecule has 0 bridgehead atoms. The maximum absolute atomic E-state index is 12.4. The van der Waals surface area contributed by atoms with Gasteiger partial charge in [0.2, 0.25) is 0 Å². The lowest BCUT2D eigenvalue weighted by Crippen LogP contribution is -2.03. The van der Waals surface area contributed by atoms with E-state index in [1.54, 1.807) is 18.2 Å². The van der Waals surface area contributed by atoms with Gasteiger partial charge in [0.05, 0.1) is 6.33 Å². The summed E-state index contributed by atoms with van der Waals surface area (Å²) in [5.41, 5.74) is 4.33. The molecule has 0 spiro atoms. The van der Waals surface area contributed by atoms with E-state index in [4.69, 9.17) is 25.9 Å². The van der Waals surface area contributed by atoms with Gasteiger partial charge in [0.1, 0.15) is 23.7 Å². The summed E-state index contributed by atoms with van der Waals surface area (Å²) in [6, 6.07) is 8.98. The van der Waals surface area contributed by atoms with Crippen LogP contribution in [0, 0.1) is 13.8 Å². The van der Waals surface area contributed by atoms with Gasteiger partial charge in [0.25, 0.3) is 0 Å². The number of hydrogen-bond acceptors (Lipinski definition) is 3. The summed E-state index contributed by atoms with van der Waals surface area (Å²) in [4.78, 5) is 10.8. The molecular formula is C22H20ClFO4. The van der Waals surface area contributed by atoms with Crippen LogP contribution in [0.1, 0.15) is 34.4 Å².